The molecule has 1 saturated heterocycles. The number of ether oxygens (including phenoxy) is 1. The van der Waals surface area contributed by atoms with Crippen LogP contribution in [0.2, 0.25) is 0 Å². The average Bonchev–Trinajstić information content (AvgIpc) is 2.40. The minimum Gasteiger partial charge on any atom is -0.396 e. The fraction of sp³-hybridized carbons (Fsp3) is 0.625. The minimum absolute atomic E-state index is 0.0925. The van der Waals surface area contributed by atoms with Crippen molar-refractivity contribution in [2.75, 3.05) is 26.4 Å². The molecule has 1 aromatic rings. The molecule has 1 heterocycles. The Balaban J connectivity index is 1.77. The smallest absolute Gasteiger partial charge is 0.126 e. The first-order chi connectivity index (χ1) is 9.65. The molecule has 1 aliphatic carbocycles. The maximum Gasteiger partial charge on any atom is 0.126 e. The van der Waals surface area contributed by atoms with Crippen LogP contribution < -0.4 is 5.32 Å². The molecule has 1 fully saturated rings. The van der Waals surface area contributed by atoms with Gasteiger partial charge in [0.2, 0.25) is 0 Å². The van der Waals surface area contributed by atoms with E-state index in [1.54, 1.807) is 12.1 Å². The van der Waals surface area contributed by atoms with Crippen LogP contribution in [-0.4, -0.2) is 31.5 Å². The molecule has 0 radical (unpaired) electrons. The van der Waals surface area contributed by atoms with Gasteiger partial charge in [-0.2, -0.15) is 0 Å². The van der Waals surface area contributed by atoms with Gasteiger partial charge in [0.1, 0.15) is 5.82 Å². The lowest BCUT2D eigenvalue weighted by Crippen LogP contribution is -2.53. The molecule has 0 spiro atoms. The van der Waals surface area contributed by atoms with E-state index < -0.39 is 0 Å². The molecule has 1 aliphatic heterocycles. The quantitative estimate of drug-likeness (QED) is 0.886. The summed E-state index contributed by atoms with van der Waals surface area (Å²) in [5.41, 5.74) is 1.79. The molecule has 3 rings (SSSR count). The van der Waals surface area contributed by atoms with Crippen LogP contribution in [0.25, 0.3) is 0 Å². The molecule has 20 heavy (non-hydrogen) atoms. The molecule has 2 N–H and O–H groups in total. The lowest BCUT2D eigenvalue weighted by molar-refractivity contribution is -0.135. The van der Waals surface area contributed by atoms with Crippen LogP contribution in [0.1, 0.15) is 30.5 Å². The van der Waals surface area contributed by atoms with Crippen LogP contribution in [0.5, 0.6) is 0 Å². The summed E-state index contributed by atoms with van der Waals surface area (Å²) >= 11 is 0. The summed E-state index contributed by atoms with van der Waals surface area (Å²) in [5, 5.41) is 13.0. The second kappa shape index (κ2) is 5.43. The van der Waals surface area contributed by atoms with Crippen molar-refractivity contribution in [2.24, 2.45) is 11.3 Å². The highest BCUT2D eigenvalue weighted by Crippen LogP contribution is 2.36. The monoisotopic (exact) mass is 279 g/mol. The zero-order valence-electron chi connectivity index (χ0n) is 11.9. The van der Waals surface area contributed by atoms with Crippen LogP contribution in [0.15, 0.2) is 18.2 Å². The molecule has 2 unspecified atom stereocenters. The second-order valence-electron chi connectivity index (χ2n) is 6.33. The Hall–Kier alpha value is -0.970. The molecule has 0 saturated carbocycles. The maximum atomic E-state index is 13.9. The van der Waals surface area contributed by atoms with Gasteiger partial charge in [-0.1, -0.05) is 19.1 Å². The molecule has 0 amide bonds. The van der Waals surface area contributed by atoms with Crippen LogP contribution >= 0.6 is 0 Å². The first-order valence-electron chi connectivity index (χ1n) is 7.34. The van der Waals surface area contributed by atoms with Crippen molar-refractivity contribution in [1.82, 2.24) is 5.32 Å². The van der Waals surface area contributed by atoms with Gasteiger partial charge in [0.15, 0.2) is 0 Å². The summed E-state index contributed by atoms with van der Waals surface area (Å²) in [6, 6.07) is 5.52. The van der Waals surface area contributed by atoms with Gasteiger partial charge in [-0.25, -0.2) is 4.39 Å². The summed E-state index contributed by atoms with van der Waals surface area (Å²) in [7, 11) is 0. The van der Waals surface area contributed by atoms with Crippen molar-refractivity contribution >= 4 is 0 Å². The van der Waals surface area contributed by atoms with Crippen molar-refractivity contribution in [3.05, 3.63) is 35.1 Å². The number of aliphatic hydroxyl groups excluding tert-OH is 1. The summed E-state index contributed by atoms with van der Waals surface area (Å²) in [6.45, 7) is 4.27. The summed E-state index contributed by atoms with van der Waals surface area (Å²) in [5.74, 6) is 0.381. The van der Waals surface area contributed by atoms with Gasteiger partial charge in [-0.15, -0.1) is 0 Å². The summed E-state index contributed by atoms with van der Waals surface area (Å²) < 4.78 is 19.1. The molecule has 0 aromatic heterocycles. The fourth-order valence-corrected chi connectivity index (χ4v) is 3.25. The molecule has 2 aliphatic rings. The third kappa shape index (κ3) is 2.36. The van der Waals surface area contributed by atoms with E-state index in [9.17, 15) is 9.50 Å². The number of nitrogens with one attached hydrogen (secondary N) is 1. The predicted octanol–water partition coefficient (Wildman–Crippen LogP) is 2.05. The maximum absolute atomic E-state index is 13.9. The number of fused-ring (bicyclic) bond motifs is 1. The zero-order chi connectivity index (χ0) is 14.2. The van der Waals surface area contributed by atoms with E-state index >= 15 is 0 Å². The number of hydrogen-bond acceptors (Lipinski definition) is 3. The van der Waals surface area contributed by atoms with Gasteiger partial charge in [-0.05, 0) is 36.0 Å². The molecular formula is C16H22FNO2. The summed E-state index contributed by atoms with van der Waals surface area (Å²) in [4.78, 5) is 0. The van der Waals surface area contributed by atoms with E-state index in [1.807, 2.05) is 6.07 Å². The molecule has 1 aromatic carbocycles. The molecule has 3 nitrogen and oxygen atoms in total. The van der Waals surface area contributed by atoms with Crippen LogP contribution in [0.3, 0.4) is 0 Å². The third-order valence-electron chi connectivity index (χ3n) is 4.76. The Morgan fingerprint density at radius 2 is 2.25 bits per heavy atom. The van der Waals surface area contributed by atoms with Gasteiger partial charge in [-0.3, -0.25) is 0 Å². The normalized spacial score (nSPS) is 27.8. The largest absolute Gasteiger partial charge is 0.396 e. The Morgan fingerprint density at radius 1 is 1.45 bits per heavy atom. The van der Waals surface area contributed by atoms with Gasteiger partial charge >= 0.3 is 0 Å². The van der Waals surface area contributed by atoms with E-state index in [0.717, 1.165) is 24.0 Å². The highest BCUT2D eigenvalue weighted by molar-refractivity contribution is 5.34. The molecular weight excluding hydrogens is 257 g/mol. The van der Waals surface area contributed by atoms with Gasteiger partial charge in [0.05, 0.1) is 25.2 Å². The lowest BCUT2D eigenvalue weighted by Gasteiger charge is -2.42. The summed E-state index contributed by atoms with van der Waals surface area (Å²) in [6.07, 6.45) is 1.81. The zero-order valence-corrected chi connectivity index (χ0v) is 11.9. The van der Waals surface area contributed by atoms with E-state index in [4.69, 9.17) is 4.74 Å². The topological polar surface area (TPSA) is 41.5 Å². The Bertz CT molecular complexity index is 482. The fourth-order valence-electron chi connectivity index (χ4n) is 3.25. The minimum atomic E-state index is -0.148. The molecule has 2 atom stereocenters. The third-order valence-corrected chi connectivity index (χ3v) is 4.76. The van der Waals surface area contributed by atoms with Crippen molar-refractivity contribution in [3.63, 3.8) is 0 Å². The number of benzene rings is 1. The Morgan fingerprint density at radius 3 is 2.90 bits per heavy atom. The molecule has 0 bridgehead atoms. The van der Waals surface area contributed by atoms with Crippen LogP contribution in [-0.2, 0) is 11.2 Å². The van der Waals surface area contributed by atoms with Gasteiger partial charge < -0.3 is 15.2 Å². The van der Waals surface area contributed by atoms with E-state index in [2.05, 4.69) is 12.2 Å². The van der Waals surface area contributed by atoms with Crippen molar-refractivity contribution < 1.29 is 14.2 Å². The lowest BCUT2D eigenvalue weighted by atomic mass is 9.79. The number of rotatable bonds is 4. The highest BCUT2D eigenvalue weighted by atomic mass is 19.1. The first-order valence-corrected chi connectivity index (χ1v) is 7.34. The van der Waals surface area contributed by atoms with Crippen molar-refractivity contribution in [1.29, 1.82) is 0 Å². The van der Waals surface area contributed by atoms with Gasteiger partial charge in [0, 0.05) is 12.6 Å². The molecule has 110 valence electrons. The predicted molar refractivity (Wildman–Crippen MR) is 75.0 cm³/mol. The Labute approximate surface area is 119 Å². The average molecular weight is 279 g/mol. The first kappa shape index (κ1) is 14.0. The number of halogens is 1. The van der Waals surface area contributed by atoms with Gasteiger partial charge in [0.25, 0.3) is 0 Å². The number of aliphatic hydroxyl groups is 1. The number of hydrogen-bond donors (Lipinski definition) is 2. The van der Waals surface area contributed by atoms with E-state index in [1.165, 1.54) is 0 Å². The SMILES string of the molecule is CC1CCc2c(F)cccc2C1NCC1(CO)COC1. The Kier molecular flexibility index (Phi) is 3.80. The van der Waals surface area contributed by atoms with Crippen molar-refractivity contribution in [3.8, 4) is 0 Å². The molecule has 4 heteroatoms. The van der Waals surface area contributed by atoms with E-state index in [-0.39, 0.29) is 23.9 Å². The highest BCUT2D eigenvalue weighted by Gasteiger charge is 2.39. The van der Waals surface area contributed by atoms with Crippen LogP contribution in [0.4, 0.5) is 4.39 Å². The van der Waals surface area contributed by atoms with Crippen molar-refractivity contribution in [2.45, 2.75) is 25.8 Å². The standard InChI is InChI=1S/C16H22FNO2/c1-11-5-6-12-13(3-2-4-14(12)17)15(11)18-7-16(8-19)9-20-10-16/h2-4,11,15,18-19H,5-10H2,1H3. The van der Waals surface area contributed by atoms with Crippen LogP contribution in [0, 0.1) is 17.2 Å². The second-order valence-corrected chi connectivity index (χ2v) is 6.33. The van der Waals surface area contributed by atoms with E-state index in [0.29, 0.717) is 25.7 Å².